The Morgan fingerprint density at radius 2 is 1.85 bits per heavy atom. The molecular weight excluding hydrogens is 170 g/mol. The number of aliphatic hydroxyl groups is 1. The van der Waals surface area contributed by atoms with Gasteiger partial charge in [0.25, 0.3) is 0 Å². The molecule has 2 rings (SSSR count). The van der Waals surface area contributed by atoms with E-state index >= 15 is 0 Å². The van der Waals surface area contributed by atoms with Gasteiger partial charge >= 0.3 is 0 Å². The lowest BCUT2D eigenvalue weighted by molar-refractivity contribution is 0.271. The van der Waals surface area contributed by atoms with Crippen LogP contribution in [0.2, 0.25) is 0 Å². The van der Waals surface area contributed by atoms with Crippen molar-refractivity contribution in [2.75, 3.05) is 19.8 Å². The highest BCUT2D eigenvalue weighted by atomic mass is 16.5. The van der Waals surface area contributed by atoms with Gasteiger partial charge in [0.05, 0.1) is 32.2 Å². The zero-order valence-electron chi connectivity index (χ0n) is 7.40. The summed E-state index contributed by atoms with van der Waals surface area (Å²) in [5, 5.41) is 8.73. The predicted octanol–water partition coefficient (Wildman–Crippen LogP) is 0.642. The number of nitrogens with zero attached hydrogens (tertiary/aromatic N) is 1. The lowest BCUT2D eigenvalue weighted by atomic mass is 10.5. The fraction of sp³-hybridized carbons (Fsp3) is 0.556. The molecular formula is C9H13NO3. The number of fused-ring (bicyclic) bond motifs is 1. The van der Waals surface area contributed by atoms with E-state index in [1.807, 2.05) is 17.0 Å². The standard InChI is InChI=1S/C9H13NO3/c11-3-2-10-6-8-9(7-10)13-5-1-4-12-8/h6-7,11H,1-5H2. The van der Waals surface area contributed by atoms with Gasteiger partial charge in [-0.1, -0.05) is 0 Å². The minimum absolute atomic E-state index is 0.133. The third-order valence-electron chi connectivity index (χ3n) is 1.97. The lowest BCUT2D eigenvalue weighted by Crippen LogP contribution is -2.01. The van der Waals surface area contributed by atoms with Crippen molar-refractivity contribution in [2.45, 2.75) is 13.0 Å². The van der Waals surface area contributed by atoms with E-state index in [0.29, 0.717) is 19.8 Å². The Balaban J connectivity index is 2.17. The first-order valence-corrected chi connectivity index (χ1v) is 4.46. The van der Waals surface area contributed by atoms with Crippen LogP contribution in [0.4, 0.5) is 0 Å². The molecule has 72 valence electrons. The first-order chi connectivity index (χ1) is 6.40. The van der Waals surface area contributed by atoms with Crippen molar-refractivity contribution >= 4 is 0 Å². The molecule has 1 aromatic heterocycles. The van der Waals surface area contributed by atoms with Gasteiger partial charge in [0.2, 0.25) is 0 Å². The van der Waals surface area contributed by atoms with Crippen molar-refractivity contribution in [1.29, 1.82) is 0 Å². The summed E-state index contributed by atoms with van der Waals surface area (Å²) in [4.78, 5) is 0. The van der Waals surface area contributed by atoms with Crippen molar-refractivity contribution in [3.63, 3.8) is 0 Å². The summed E-state index contributed by atoms with van der Waals surface area (Å²) >= 11 is 0. The first kappa shape index (κ1) is 8.44. The zero-order chi connectivity index (χ0) is 9.10. The highest BCUT2D eigenvalue weighted by molar-refractivity contribution is 5.38. The SMILES string of the molecule is OCCn1cc2c(c1)OCCCO2. The summed E-state index contributed by atoms with van der Waals surface area (Å²) in [6.45, 7) is 2.12. The number of hydrogen-bond donors (Lipinski definition) is 1. The molecule has 0 radical (unpaired) electrons. The van der Waals surface area contributed by atoms with Crippen LogP contribution in [0.5, 0.6) is 11.5 Å². The van der Waals surface area contributed by atoms with Gasteiger partial charge in [0.15, 0.2) is 11.5 Å². The van der Waals surface area contributed by atoms with Crippen LogP contribution in [-0.4, -0.2) is 29.5 Å². The van der Waals surface area contributed by atoms with Crippen LogP contribution in [0.3, 0.4) is 0 Å². The number of rotatable bonds is 2. The van der Waals surface area contributed by atoms with Crippen molar-refractivity contribution < 1.29 is 14.6 Å². The molecule has 0 spiro atoms. The molecule has 1 aromatic rings. The maximum Gasteiger partial charge on any atom is 0.178 e. The van der Waals surface area contributed by atoms with Crippen molar-refractivity contribution in [3.05, 3.63) is 12.4 Å². The normalized spacial score (nSPS) is 15.5. The summed E-state index contributed by atoms with van der Waals surface area (Å²) in [6.07, 6.45) is 4.64. The van der Waals surface area contributed by atoms with Gasteiger partial charge in [0, 0.05) is 13.0 Å². The van der Waals surface area contributed by atoms with Crippen molar-refractivity contribution in [3.8, 4) is 11.5 Å². The number of aliphatic hydroxyl groups excluding tert-OH is 1. The highest BCUT2D eigenvalue weighted by Gasteiger charge is 2.12. The predicted molar refractivity (Wildman–Crippen MR) is 47.1 cm³/mol. The van der Waals surface area contributed by atoms with Crippen molar-refractivity contribution in [2.24, 2.45) is 0 Å². The lowest BCUT2D eigenvalue weighted by Gasteiger charge is -1.99. The average molecular weight is 183 g/mol. The molecule has 1 aliphatic rings. The Kier molecular flexibility index (Phi) is 2.40. The van der Waals surface area contributed by atoms with E-state index in [0.717, 1.165) is 17.9 Å². The maximum absolute atomic E-state index is 8.73. The van der Waals surface area contributed by atoms with Crippen LogP contribution in [0.15, 0.2) is 12.4 Å². The minimum atomic E-state index is 0.133. The zero-order valence-corrected chi connectivity index (χ0v) is 7.40. The third kappa shape index (κ3) is 1.78. The van der Waals surface area contributed by atoms with Crippen LogP contribution in [0, 0.1) is 0 Å². The van der Waals surface area contributed by atoms with Crippen LogP contribution in [-0.2, 0) is 6.54 Å². The second-order valence-corrected chi connectivity index (χ2v) is 3.00. The topological polar surface area (TPSA) is 43.6 Å². The Labute approximate surface area is 76.7 Å². The van der Waals surface area contributed by atoms with E-state index in [-0.39, 0.29) is 6.61 Å². The third-order valence-corrected chi connectivity index (χ3v) is 1.97. The van der Waals surface area contributed by atoms with E-state index in [1.54, 1.807) is 0 Å². The Morgan fingerprint density at radius 3 is 2.38 bits per heavy atom. The molecule has 0 aliphatic carbocycles. The van der Waals surface area contributed by atoms with E-state index in [1.165, 1.54) is 0 Å². The van der Waals surface area contributed by atoms with Gasteiger partial charge < -0.3 is 19.1 Å². The summed E-state index contributed by atoms with van der Waals surface area (Å²) in [5.41, 5.74) is 0. The highest BCUT2D eigenvalue weighted by Crippen LogP contribution is 2.30. The summed E-state index contributed by atoms with van der Waals surface area (Å²) in [6, 6.07) is 0. The fourth-order valence-corrected chi connectivity index (χ4v) is 1.35. The van der Waals surface area contributed by atoms with Gasteiger partial charge in [-0.05, 0) is 0 Å². The monoisotopic (exact) mass is 183 g/mol. The molecule has 4 heteroatoms. The second kappa shape index (κ2) is 3.70. The summed E-state index contributed by atoms with van der Waals surface area (Å²) < 4.78 is 12.8. The molecule has 0 aromatic carbocycles. The number of aromatic nitrogens is 1. The van der Waals surface area contributed by atoms with Crippen LogP contribution >= 0.6 is 0 Å². The van der Waals surface area contributed by atoms with Gasteiger partial charge in [-0.2, -0.15) is 0 Å². The molecule has 0 unspecified atom stereocenters. The molecule has 13 heavy (non-hydrogen) atoms. The van der Waals surface area contributed by atoms with Crippen LogP contribution in [0.1, 0.15) is 6.42 Å². The largest absolute Gasteiger partial charge is 0.488 e. The van der Waals surface area contributed by atoms with Crippen LogP contribution in [0.25, 0.3) is 0 Å². The molecule has 1 N–H and O–H groups in total. The number of ether oxygens (including phenoxy) is 2. The van der Waals surface area contributed by atoms with Gasteiger partial charge in [-0.15, -0.1) is 0 Å². The quantitative estimate of drug-likeness (QED) is 0.731. The van der Waals surface area contributed by atoms with E-state index in [9.17, 15) is 0 Å². The smallest absolute Gasteiger partial charge is 0.178 e. The Hall–Kier alpha value is -1.16. The number of hydrogen-bond acceptors (Lipinski definition) is 3. The molecule has 4 nitrogen and oxygen atoms in total. The minimum Gasteiger partial charge on any atom is -0.488 e. The molecule has 0 saturated heterocycles. The Bertz CT molecular complexity index is 259. The molecule has 0 fully saturated rings. The van der Waals surface area contributed by atoms with Gasteiger partial charge in [-0.25, -0.2) is 0 Å². The summed E-state index contributed by atoms with van der Waals surface area (Å²) in [7, 11) is 0. The van der Waals surface area contributed by atoms with E-state index < -0.39 is 0 Å². The molecule has 1 aliphatic heterocycles. The van der Waals surface area contributed by atoms with Crippen LogP contribution < -0.4 is 9.47 Å². The Morgan fingerprint density at radius 1 is 1.23 bits per heavy atom. The maximum atomic E-state index is 8.73. The van der Waals surface area contributed by atoms with Gasteiger partial charge in [0.1, 0.15) is 0 Å². The van der Waals surface area contributed by atoms with E-state index in [4.69, 9.17) is 14.6 Å². The average Bonchev–Trinajstić information content (AvgIpc) is 2.37. The van der Waals surface area contributed by atoms with E-state index in [2.05, 4.69) is 0 Å². The fourth-order valence-electron chi connectivity index (χ4n) is 1.35. The molecule has 0 atom stereocenters. The van der Waals surface area contributed by atoms with Gasteiger partial charge in [-0.3, -0.25) is 0 Å². The molecule has 2 heterocycles. The molecule has 0 saturated carbocycles. The molecule has 0 amide bonds. The second-order valence-electron chi connectivity index (χ2n) is 3.00. The van der Waals surface area contributed by atoms with Crippen molar-refractivity contribution in [1.82, 2.24) is 4.57 Å². The summed E-state index contributed by atoms with van der Waals surface area (Å²) in [5.74, 6) is 1.57. The first-order valence-electron chi connectivity index (χ1n) is 4.46. The molecule has 0 bridgehead atoms.